The lowest BCUT2D eigenvalue weighted by Crippen LogP contribution is -2.56. The number of nitrogens with zero attached hydrogens (tertiary/aromatic N) is 2. The van der Waals surface area contributed by atoms with Crippen LogP contribution in [0.15, 0.2) is 11.4 Å². The van der Waals surface area contributed by atoms with Gasteiger partial charge in [0.25, 0.3) is 0 Å². The zero-order valence-corrected chi connectivity index (χ0v) is 14.2. The number of hydrogen-bond donors (Lipinski definition) is 1. The smallest absolute Gasteiger partial charge is 0.0540 e. The molecule has 1 aliphatic rings. The van der Waals surface area contributed by atoms with Gasteiger partial charge in [-0.25, -0.2) is 0 Å². The lowest BCUT2D eigenvalue weighted by Gasteiger charge is -2.49. The molecule has 4 heteroatoms. The van der Waals surface area contributed by atoms with Gasteiger partial charge in [0.05, 0.1) is 6.61 Å². The highest BCUT2D eigenvalue weighted by Crippen LogP contribution is 2.37. The van der Waals surface area contributed by atoms with Crippen LogP contribution in [0.25, 0.3) is 0 Å². The zero-order valence-electron chi connectivity index (χ0n) is 13.4. The number of rotatable bonds is 6. The molecule has 2 rings (SSSR count). The Balaban J connectivity index is 1.96. The first-order valence-electron chi connectivity index (χ1n) is 7.59. The Kier molecular flexibility index (Phi) is 5.83. The van der Waals surface area contributed by atoms with Crippen molar-refractivity contribution in [3.05, 3.63) is 21.9 Å². The molecule has 0 unspecified atom stereocenters. The van der Waals surface area contributed by atoms with Gasteiger partial charge in [0.15, 0.2) is 0 Å². The highest BCUT2D eigenvalue weighted by Gasteiger charge is 2.39. The maximum absolute atomic E-state index is 8.81. The van der Waals surface area contributed by atoms with Crippen molar-refractivity contribution in [1.29, 1.82) is 0 Å². The molecule has 3 nitrogen and oxygen atoms in total. The minimum absolute atomic E-state index is 0.137. The Labute approximate surface area is 132 Å². The second-order valence-corrected chi connectivity index (χ2v) is 7.18. The highest BCUT2D eigenvalue weighted by atomic mass is 32.1. The summed E-state index contributed by atoms with van der Waals surface area (Å²) >= 11 is 1.78. The van der Waals surface area contributed by atoms with Crippen LogP contribution in [0.1, 0.15) is 36.1 Å². The van der Waals surface area contributed by atoms with Gasteiger partial charge in [-0.1, -0.05) is 11.8 Å². The first kappa shape index (κ1) is 16.5. The molecule has 0 spiro atoms. The summed E-state index contributed by atoms with van der Waals surface area (Å²) in [5, 5.41) is 10.9. The average Bonchev–Trinajstić information content (AvgIpc) is 2.81. The van der Waals surface area contributed by atoms with Crippen molar-refractivity contribution >= 4 is 11.3 Å². The molecule has 1 saturated carbocycles. The van der Waals surface area contributed by atoms with E-state index in [2.05, 4.69) is 54.2 Å². The zero-order chi connectivity index (χ0) is 15.3. The molecule has 0 bridgehead atoms. The van der Waals surface area contributed by atoms with Gasteiger partial charge >= 0.3 is 0 Å². The van der Waals surface area contributed by atoms with Crippen molar-refractivity contribution in [2.24, 2.45) is 0 Å². The van der Waals surface area contributed by atoms with Gasteiger partial charge in [0, 0.05) is 35.5 Å². The van der Waals surface area contributed by atoms with Crippen molar-refractivity contribution in [1.82, 2.24) is 9.80 Å². The maximum Gasteiger partial charge on any atom is 0.0540 e. The van der Waals surface area contributed by atoms with Gasteiger partial charge in [-0.15, -0.1) is 11.3 Å². The first-order chi connectivity index (χ1) is 10.1. The summed E-state index contributed by atoms with van der Waals surface area (Å²) in [5.74, 6) is 6.20. The Hall–Kier alpha value is -0.860. The minimum atomic E-state index is 0.137. The molecule has 0 amide bonds. The monoisotopic (exact) mass is 306 g/mol. The van der Waals surface area contributed by atoms with Crippen molar-refractivity contribution in [2.75, 3.05) is 34.3 Å². The van der Waals surface area contributed by atoms with Gasteiger partial charge in [-0.3, -0.25) is 4.90 Å². The van der Waals surface area contributed by atoms with Crippen molar-refractivity contribution in [2.45, 2.75) is 37.8 Å². The van der Waals surface area contributed by atoms with Crippen LogP contribution in [0.3, 0.4) is 0 Å². The second-order valence-electron chi connectivity index (χ2n) is 6.18. The Morgan fingerprint density at radius 3 is 2.67 bits per heavy atom. The fraction of sp³-hybridized carbons (Fsp3) is 0.647. The molecule has 1 N–H and O–H groups in total. The number of hydrogen-bond acceptors (Lipinski definition) is 4. The molecular formula is C17H26N2OS. The molecule has 0 aliphatic heterocycles. The van der Waals surface area contributed by atoms with E-state index in [1.54, 1.807) is 11.3 Å². The Morgan fingerprint density at radius 1 is 1.33 bits per heavy atom. The standard InChI is InChI=1S/C17H26N2OS/c1-18(2)17(9-6-10-17)14-19(3)13-16-15(8-12-21-16)7-4-5-11-20/h8,12,20H,5-6,9-11,13-14H2,1-3H3. The minimum Gasteiger partial charge on any atom is -0.395 e. The van der Waals surface area contributed by atoms with E-state index in [1.165, 1.54) is 24.1 Å². The molecule has 0 saturated heterocycles. The Bertz CT molecular complexity index is 508. The van der Waals surface area contributed by atoms with Crippen LogP contribution in [-0.2, 0) is 6.54 Å². The quantitative estimate of drug-likeness (QED) is 0.818. The molecule has 1 aliphatic carbocycles. The fourth-order valence-corrected chi connectivity index (χ4v) is 3.83. The van der Waals surface area contributed by atoms with Crippen LogP contribution >= 0.6 is 11.3 Å². The van der Waals surface area contributed by atoms with E-state index < -0.39 is 0 Å². The van der Waals surface area contributed by atoms with Gasteiger partial charge in [0.2, 0.25) is 0 Å². The second kappa shape index (κ2) is 7.42. The lowest BCUT2D eigenvalue weighted by atomic mass is 9.75. The van der Waals surface area contributed by atoms with E-state index in [0.29, 0.717) is 12.0 Å². The van der Waals surface area contributed by atoms with Gasteiger partial charge < -0.3 is 10.0 Å². The molecule has 0 aromatic carbocycles. The van der Waals surface area contributed by atoms with Crippen molar-refractivity contribution in [3.8, 4) is 11.8 Å². The van der Waals surface area contributed by atoms with E-state index >= 15 is 0 Å². The van der Waals surface area contributed by atoms with E-state index in [4.69, 9.17) is 5.11 Å². The Morgan fingerprint density at radius 2 is 2.10 bits per heavy atom. The van der Waals surface area contributed by atoms with Crippen molar-refractivity contribution in [3.63, 3.8) is 0 Å². The molecule has 1 aromatic rings. The van der Waals surface area contributed by atoms with Crippen LogP contribution in [-0.4, -0.2) is 54.7 Å². The number of aliphatic hydroxyl groups excluding tert-OH is 1. The molecular weight excluding hydrogens is 280 g/mol. The summed E-state index contributed by atoms with van der Waals surface area (Å²) in [4.78, 5) is 6.14. The molecule has 0 radical (unpaired) electrons. The van der Waals surface area contributed by atoms with E-state index in [1.807, 2.05) is 0 Å². The maximum atomic E-state index is 8.81. The van der Waals surface area contributed by atoms with Crippen LogP contribution < -0.4 is 0 Å². The van der Waals surface area contributed by atoms with Gasteiger partial charge in [0.1, 0.15) is 0 Å². The normalized spacial score (nSPS) is 16.7. The average molecular weight is 306 g/mol. The predicted octanol–water partition coefficient (Wildman–Crippen LogP) is 2.40. The van der Waals surface area contributed by atoms with Crippen LogP contribution in [0, 0.1) is 11.8 Å². The first-order valence-corrected chi connectivity index (χ1v) is 8.47. The van der Waals surface area contributed by atoms with Crippen LogP contribution in [0.2, 0.25) is 0 Å². The van der Waals surface area contributed by atoms with Crippen LogP contribution in [0.5, 0.6) is 0 Å². The largest absolute Gasteiger partial charge is 0.395 e. The highest BCUT2D eigenvalue weighted by molar-refractivity contribution is 7.10. The molecule has 0 atom stereocenters. The summed E-state index contributed by atoms with van der Waals surface area (Å²) in [6, 6.07) is 2.09. The third-order valence-corrected chi connectivity index (χ3v) is 5.32. The van der Waals surface area contributed by atoms with Crippen LogP contribution in [0.4, 0.5) is 0 Å². The van der Waals surface area contributed by atoms with Gasteiger partial charge in [-0.2, -0.15) is 0 Å². The molecule has 116 valence electrons. The third kappa shape index (κ3) is 4.08. The van der Waals surface area contributed by atoms with Gasteiger partial charge in [-0.05, 0) is 51.9 Å². The summed E-state index contributed by atoms with van der Waals surface area (Å²) in [5.41, 5.74) is 1.49. The van der Waals surface area contributed by atoms with E-state index in [9.17, 15) is 0 Å². The van der Waals surface area contributed by atoms with Crippen molar-refractivity contribution < 1.29 is 5.11 Å². The number of aliphatic hydroxyl groups is 1. The third-order valence-electron chi connectivity index (χ3n) is 4.42. The van der Waals surface area contributed by atoms with E-state index in [-0.39, 0.29) is 6.61 Å². The molecule has 1 fully saturated rings. The summed E-state index contributed by atoms with van der Waals surface area (Å²) < 4.78 is 0. The fourth-order valence-electron chi connectivity index (χ4n) is 2.92. The number of likely N-dealkylation sites (N-methyl/N-ethyl adjacent to an activating group) is 2. The lowest BCUT2D eigenvalue weighted by molar-refractivity contribution is 0.0261. The summed E-state index contributed by atoms with van der Waals surface area (Å²) in [6.45, 7) is 2.20. The summed E-state index contributed by atoms with van der Waals surface area (Å²) in [6.07, 6.45) is 4.51. The van der Waals surface area contributed by atoms with E-state index in [0.717, 1.165) is 18.7 Å². The topological polar surface area (TPSA) is 26.7 Å². The predicted molar refractivity (Wildman–Crippen MR) is 89.5 cm³/mol. The SMILES string of the molecule is CN(Cc1sccc1C#CCCO)CC1(N(C)C)CCC1. The number of thiophene rings is 1. The molecule has 1 aromatic heterocycles. The summed E-state index contributed by atoms with van der Waals surface area (Å²) in [7, 11) is 6.60. The molecule has 21 heavy (non-hydrogen) atoms. The molecule has 1 heterocycles.